The Labute approximate surface area is 123 Å². The van der Waals surface area contributed by atoms with Gasteiger partial charge in [-0.15, -0.1) is 0 Å². The summed E-state index contributed by atoms with van der Waals surface area (Å²) >= 11 is 1.48. The standard InChI is InChI=1S/C13H22N4O2S/c1-11(20-13-15-3-5-16(13)2)12(18)14-4-6-17-7-9-19-10-8-17/h3,5,11H,4,6-10H2,1-2H3,(H,14,18). The van der Waals surface area contributed by atoms with Crippen LogP contribution in [0.25, 0.3) is 0 Å². The number of nitrogens with one attached hydrogen (secondary N) is 1. The van der Waals surface area contributed by atoms with E-state index < -0.39 is 0 Å². The van der Waals surface area contributed by atoms with Crippen LogP contribution >= 0.6 is 11.8 Å². The molecule has 2 rings (SSSR count). The van der Waals surface area contributed by atoms with E-state index in [1.165, 1.54) is 11.8 Å². The number of carbonyl (C=O) groups excluding carboxylic acids is 1. The second-order valence-electron chi connectivity index (χ2n) is 4.83. The fraction of sp³-hybridized carbons (Fsp3) is 0.692. The second-order valence-corrected chi connectivity index (χ2v) is 6.13. The van der Waals surface area contributed by atoms with E-state index in [2.05, 4.69) is 15.2 Å². The Balaban J connectivity index is 1.67. The minimum atomic E-state index is -0.138. The monoisotopic (exact) mass is 298 g/mol. The highest BCUT2D eigenvalue weighted by atomic mass is 32.2. The highest BCUT2D eigenvalue weighted by Crippen LogP contribution is 2.20. The maximum atomic E-state index is 12.0. The summed E-state index contributed by atoms with van der Waals surface area (Å²) in [5, 5.41) is 3.71. The summed E-state index contributed by atoms with van der Waals surface area (Å²) in [5.41, 5.74) is 0. The van der Waals surface area contributed by atoms with Gasteiger partial charge in [0.25, 0.3) is 0 Å². The number of thioether (sulfide) groups is 1. The van der Waals surface area contributed by atoms with Crippen LogP contribution in [0.4, 0.5) is 0 Å². The van der Waals surface area contributed by atoms with Gasteiger partial charge in [-0.1, -0.05) is 11.8 Å². The molecular formula is C13H22N4O2S. The number of carbonyl (C=O) groups is 1. The number of imidazole rings is 1. The lowest BCUT2D eigenvalue weighted by Crippen LogP contribution is -2.42. The fourth-order valence-corrected chi connectivity index (χ4v) is 2.84. The smallest absolute Gasteiger partial charge is 0.233 e. The van der Waals surface area contributed by atoms with Gasteiger partial charge in [0.15, 0.2) is 5.16 Å². The van der Waals surface area contributed by atoms with Gasteiger partial charge < -0.3 is 14.6 Å². The minimum Gasteiger partial charge on any atom is -0.379 e. The number of hydrogen-bond acceptors (Lipinski definition) is 5. The average Bonchev–Trinajstić information content (AvgIpc) is 2.85. The third kappa shape index (κ3) is 4.50. The van der Waals surface area contributed by atoms with Crippen molar-refractivity contribution in [2.45, 2.75) is 17.3 Å². The third-order valence-corrected chi connectivity index (χ3v) is 4.43. The maximum absolute atomic E-state index is 12.0. The van der Waals surface area contributed by atoms with Crippen LogP contribution in [-0.4, -0.2) is 65.0 Å². The van der Waals surface area contributed by atoms with E-state index in [0.717, 1.165) is 38.0 Å². The van der Waals surface area contributed by atoms with Gasteiger partial charge in [0.1, 0.15) is 0 Å². The zero-order valence-electron chi connectivity index (χ0n) is 12.0. The number of aryl methyl sites for hydroxylation is 1. The number of hydrogen-bond donors (Lipinski definition) is 1. The number of rotatable bonds is 6. The van der Waals surface area contributed by atoms with E-state index in [9.17, 15) is 4.79 Å². The second kappa shape index (κ2) is 7.66. The number of amides is 1. The average molecular weight is 298 g/mol. The molecule has 1 unspecified atom stereocenters. The Morgan fingerprint density at radius 1 is 1.55 bits per heavy atom. The molecule has 0 spiro atoms. The predicted octanol–water partition coefficient (Wildman–Crippen LogP) is 0.349. The Morgan fingerprint density at radius 3 is 2.95 bits per heavy atom. The van der Waals surface area contributed by atoms with Crippen molar-refractivity contribution in [3.8, 4) is 0 Å². The van der Waals surface area contributed by atoms with E-state index in [4.69, 9.17) is 4.74 Å². The number of ether oxygens (including phenoxy) is 1. The summed E-state index contributed by atoms with van der Waals surface area (Å²) in [6, 6.07) is 0. The molecule has 20 heavy (non-hydrogen) atoms. The quantitative estimate of drug-likeness (QED) is 0.768. The van der Waals surface area contributed by atoms with Crippen molar-refractivity contribution in [1.29, 1.82) is 0 Å². The van der Waals surface area contributed by atoms with Gasteiger partial charge in [-0.05, 0) is 6.92 Å². The first kappa shape index (κ1) is 15.3. The largest absolute Gasteiger partial charge is 0.379 e. The third-order valence-electron chi connectivity index (χ3n) is 3.26. The van der Waals surface area contributed by atoms with Crippen LogP contribution in [0.3, 0.4) is 0 Å². The first-order valence-corrected chi connectivity index (χ1v) is 7.76. The fourth-order valence-electron chi connectivity index (χ4n) is 1.98. The van der Waals surface area contributed by atoms with E-state index in [1.54, 1.807) is 6.20 Å². The molecule has 1 amide bonds. The molecule has 7 heteroatoms. The maximum Gasteiger partial charge on any atom is 0.233 e. The van der Waals surface area contributed by atoms with Crippen LogP contribution in [0.2, 0.25) is 0 Å². The number of nitrogens with zero attached hydrogens (tertiary/aromatic N) is 3. The molecule has 1 aliphatic rings. The zero-order chi connectivity index (χ0) is 14.4. The summed E-state index contributed by atoms with van der Waals surface area (Å²) < 4.78 is 7.21. The number of aromatic nitrogens is 2. The molecule has 1 N–H and O–H groups in total. The van der Waals surface area contributed by atoms with Gasteiger partial charge in [0, 0.05) is 45.6 Å². The van der Waals surface area contributed by atoms with Crippen LogP contribution in [0, 0.1) is 0 Å². The van der Waals surface area contributed by atoms with Crippen LogP contribution in [0.1, 0.15) is 6.92 Å². The first-order valence-electron chi connectivity index (χ1n) is 6.88. The van der Waals surface area contributed by atoms with Crippen molar-refractivity contribution in [3.63, 3.8) is 0 Å². The molecule has 0 radical (unpaired) electrons. The van der Waals surface area contributed by atoms with Crippen LogP contribution in [0.15, 0.2) is 17.6 Å². The molecule has 1 atom stereocenters. The molecule has 6 nitrogen and oxygen atoms in total. The van der Waals surface area contributed by atoms with Crippen molar-refractivity contribution in [3.05, 3.63) is 12.4 Å². The van der Waals surface area contributed by atoms with Crippen molar-refractivity contribution in [2.75, 3.05) is 39.4 Å². The molecular weight excluding hydrogens is 276 g/mol. The lowest BCUT2D eigenvalue weighted by atomic mass is 10.4. The van der Waals surface area contributed by atoms with Crippen molar-refractivity contribution < 1.29 is 9.53 Å². The Hall–Kier alpha value is -1.05. The summed E-state index contributed by atoms with van der Waals surface area (Å²) in [4.78, 5) is 18.5. The normalized spacial score (nSPS) is 17.9. The summed E-state index contributed by atoms with van der Waals surface area (Å²) in [7, 11) is 1.93. The van der Waals surface area contributed by atoms with E-state index in [1.807, 2.05) is 24.7 Å². The molecule has 1 aliphatic heterocycles. The van der Waals surface area contributed by atoms with Gasteiger partial charge in [-0.2, -0.15) is 0 Å². The predicted molar refractivity (Wildman–Crippen MR) is 78.8 cm³/mol. The minimum absolute atomic E-state index is 0.0614. The van der Waals surface area contributed by atoms with Crippen LogP contribution < -0.4 is 5.32 Å². The van der Waals surface area contributed by atoms with E-state index >= 15 is 0 Å². The molecule has 1 fully saturated rings. The lowest BCUT2D eigenvalue weighted by molar-refractivity contribution is -0.120. The first-order chi connectivity index (χ1) is 9.66. The molecule has 0 saturated carbocycles. The van der Waals surface area contributed by atoms with Crippen LogP contribution in [-0.2, 0) is 16.6 Å². The van der Waals surface area contributed by atoms with Crippen molar-refractivity contribution in [1.82, 2.24) is 19.8 Å². The number of morpholine rings is 1. The van der Waals surface area contributed by atoms with Gasteiger partial charge >= 0.3 is 0 Å². The summed E-state index contributed by atoms with van der Waals surface area (Å²) in [6.45, 7) is 6.96. The van der Waals surface area contributed by atoms with Gasteiger partial charge in [-0.3, -0.25) is 9.69 Å². The Kier molecular flexibility index (Phi) is 5.87. The van der Waals surface area contributed by atoms with Gasteiger partial charge in [0.05, 0.1) is 18.5 Å². The summed E-state index contributed by atoms with van der Waals surface area (Å²) in [5.74, 6) is 0.0614. The van der Waals surface area contributed by atoms with Crippen molar-refractivity contribution in [2.24, 2.45) is 7.05 Å². The Bertz CT molecular complexity index is 432. The molecule has 2 heterocycles. The molecule has 0 aromatic carbocycles. The molecule has 112 valence electrons. The van der Waals surface area contributed by atoms with E-state index in [0.29, 0.717) is 6.54 Å². The highest BCUT2D eigenvalue weighted by molar-refractivity contribution is 8.00. The molecule has 1 aromatic heterocycles. The molecule has 1 saturated heterocycles. The molecule has 1 aromatic rings. The van der Waals surface area contributed by atoms with Crippen LogP contribution in [0.5, 0.6) is 0 Å². The van der Waals surface area contributed by atoms with Gasteiger partial charge in [-0.25, -0.2) is 4.98 Å². The summed E-state index contributed by atoms with van der Waals surface area (Å²) in [6.07, 6.45) is 3.62. The van der Waals surface area contributed by atoms with Gasteiger partial charge in [0.2, 0.25) is 5.91 Å². The molecule has 0 aliphatic carbocycles. The van der Waals surface area contributed by atoms with Crippen molar-refractivity contribution >= 4 is 17.7 Å². The lowest BCUT2D eigenvalue weighted by Gasteiger charge is -2.26. The highest BCUT2D eigenvalue weighted by Gasteiger charge is 2.17. The molecule has 0 bridgehead atoms. The Morgan fingerprint density at radius 2 is 2.30 bits per heavy atom. The zero-order valence-corrected chi connectivity index (χ0v) is 12.9. The van der Waals surface area contributed by atoms with E-state index in [-0.39, 0.29) is 11.2 Å². The topological polar surface area (TPSA) is 59.4 Å². The SMILES string of the molecule is CC(Sc1nccn1C)C(=O)NCCN1CCOCC1.